The van der Waals surface area contributed by atoms with Gasteiger partial charge in [0.25, 0.3) is 0 Å². The summed E-state index contributed by atoms with van der Waals surface area (Å²) in [5, 5.41) is 3.84. The molecule has 1 aliphatic rings. The number of carbonyl (C=O) groups is 2. The summed E-state index contributed by atoms with van der Waals surface area (Å²) >= 11 is 5.65. The maximum atomic E-state index is 12.4. The van der Waals surface area contributed by atoms with Gasteiger partial charge >= 0.3 is 11.9 Å². The van der Waals surface area contributed by atoms with Crippen LogP contribution in [0.15, 0.2) is 54.7 Å². The molecule has 2 atom stereocenters. The minimum atomic E-state index is -0.378. The fourth-order valence-corrected chi connectivity index (χ4v) is 4.91. The number of thiocarbonyl (C=S) groups is 1. The molecule has 2 aromatic heterocycles. The van der Waals surface area contributed by atoms with Crippen LogP contribution in [0.5, 0.6) is 0 Å². The zero-order valence-electron chi connectivity index (χ0n) is 20.1. The van der Waals surface area contributed by atoms with Crippen molar-refractivity contribution in [3.8, 4) is 5.69 Å². The van der Waals surface area contributed by atoms with Crippen molar-refractivity contribution in [1.82, 2.24) is 19.8 Å². The summed E-state index contributed by atoms with van der Waals surface area (Å²) < 4.78 is 12.2. The molecule has 3 aromatic rings. The van der Waals surface area contributed by atoms with Crippen LogP contribution in [0.1, 0.15) is 52.0 Å². The van der Waals surface area contributed by atoms with Gasteiger partial charge in [0.2, 0.25) is 0 Å². The molecular formula is C26H28N4O4S. The van der Waals surface area contributed by atoms with E-state index in [9.17, 15) is 9.59 Å². The van der Waals surface area contributed by atoms with E-state index >= 15 is 0 Å². The van der Waals surface area contributed by atoms with E-state index in [1.54, 1.807) is 25.3 Å². The lowest BCUT2D eigenvalue weighted by Crippen LogP contribution is -2.35. The van der Waals surface area contributed by atoms with E-state index in [-0.39, 0.29) is 30.6 Å². The number of nitrogens with zero attached hydrogens (tertiary/aromatic N) is 3. The molecule has 4 rings (SSSR count). The molecule has 0 radical (unpaired) electrons. The Morgan fingerprint density at radius 2 is 1.89 bits per heavy atom. The van der Waals surface area contributed by atoms with E-state index in [2.05, 4.69) is 20.9 Å². The molecule has 182 valence electrons. The quantitative estimate of drug-likeness (QED) is 0.394. The molecule has 8 nitrogen and oxygen atoms in total. The van der Waals surface area contributed by atoms with Crippen molar-refractivity contribution < 1.29 is 19.1 Å². The number of hydrogen-bond donors (Lipinski definition) is 1. The molecule has 0 spiro atoms. The second-order valence-electron chi connectivity index (χ2n) is 8.26. The molecule has 1 aliphatic heterocycles. The lowest BCUT2D eigenvalue weighted by atomic mass is 9.97. The van der Waals surface area contributed by atoms with Crippen molar-refractivity contribution in [2.24, 2.45) is 0 Å². The Balaban J connectivity index is 1.77. The number of ether oxygens (including phenoxy) is 2. The van der Waals surface area contributed by atoms with Gasteiger partial charge < -0.3 is 24.3 Å². The first kappa shape index (κ1) is 24.4. The molecule has 0 saturated carbocycles. The fourth-order valence-electron chi connectivity index (χ4n) is 4.61. The highest BCUT2D eigenvalue weighted by atomic mass is 32.1. The SMILES string of the molecule is CCOC(=O)CN1C(=S)N[C@@H](c2ccccn2)[C@H]1c1cc(C)n(-c2ccc(C(=O)OC)cc2)c1C. The van der Waals surface area contributed by atoms with E-state index in [0.29, 0.717) is 17.3 Å². The summed E-state index contributed by atoms with van der Waals surface area (Å²) in [5.74, 6) is -0.716. The smallest absolute Gasteiger partial charge is 0.337 e. The number of carbonyl (C=O) groups excluding carboxylic acids is 2. The Kier molecular flexibility index (Phi) is 7.16. The van der Waals surface area contributed by atoms with Gasteiger partial charge in [0.15, 0.2) is 5.11 Å². The van der Waals surface area contributed by atoms with Gasteiger partial charge in [-0.3, -0.25) is 9.78 Å². The summed E-state index contributed by atoms with van der Waals surface area (Å²) in [6.45, 7) is 6.18. The Morgan fingerprint density at radius 1 is 1.14 bits per heavy atom. The first-order valence-electron chi connectivity index (χ1n) is 11.4. The molecule has 0 unspecified atom stereocenters. The molecule has 3 heterocycles. The van der Waals surface area contributed by atoms with Crippen molar-refractivity contribution in [3.05, 3.63) is 82.9 Å². The van der Waals surface area contributed by atoms with Crippen LogP contribution in [0.3, 0.4) is 0 Å². The average Bonchev–Trinajstić information content (AvgIpc) is 3.34. The number of hydrogen-bond acceptors (Lipinski definition) is 6. The first-order chi connectivity index (χ1) is 16.8. The zero-order chi connectivity index (χ0) is 25.1. The van der Waals surface area contributed by atoms with Gasteiger partial charge in [-0.05, 0) is 81.0 Å². The fraction of sp³-hybridized carbons (Fsp3) is 0.308. The second kappa shape index (κ2) is 10.3. The minimum absolute atomic E-state index is 0.0329. The van der Waals surface area contributed by atoms with Crippen molar-refractivity contribution in [3.63, 3.8) is 0 Å². The maximum absolute atomic E-state index is 12.4. The Bertz CT molecular complexity index is 1240. The summed E-state index contributed by atoms with van der Waals surface area (Å²) in [5.41, 5.74) is 5.26. The lowest BCUT2D eigenvalue weighted by Gasteiger charge is -2.27. The van der Waals surface area contributed by atoms with Crippen molar-refractivity contribution in [2.75, 3.05) is 20.3 Å². The van der Waals surface area contributed by atoms with Crippen LogP contribution in [-0.2, 0) is 14.3 Å². The van der Waals surface area contributed by atoms with Crippen LogP contribution < -0.4 is 5.32 Å². The highest BCUT2D eigenvalue weighted by Crippen LogP contribution is 2.41. The summed E-state index contributed by atoms with van der Waals surface area (Å²) in [7, 11) is 1.36. The van der Waals surface area contributed by atoms with Crippen molar-refractivity contribution in [2.45, 2.75) is 32.9 Å². The number of aryl methyl sites for hydroxylation is 1. The predicted octanol–water partition coefficient (Wildman–Crippen LogP) is 3.81. The number of pyridine rings is 1. The normalized spacial score (nSPS) is 17.3. The molecule has 1 N–H and O–H groups in total. The van der Waals surface area contributed by atoms with E-state index in [1.165, 1.54) is 7.11 Å². The summed E-state index contributed by atoms with van der Waals surface area (Å²) in [6, 6.07) is 14.6. The van der Waals surface area contributed by atoms with E-state index in [4.69, 9.17) is 21.7 Å². The number of rotatable bonds is 7. The van der Waals surface area contributed by atoms with Gasteiger partial charge in [0.1, 0.15) is 6.54 Å². The predicted molar refractivity (Wildman–Crippen MR) is 135 cm³/mol. The lowest BCUT2D eigenvalue weighted by molar-refractivity contribution is -0.143. The third-order valence-electron chi connectivity index (χ3n) is 6.14. The van der Waals surface area contributed by atoms with Gasteiger partial charge in [0.05, 0.1) is 37.1 Å². The van der Waals surface area contributed by atoms with Crippen molar-refractivity contribution >= 4 is 29.3 Å². The topological polar surface area (TPSA) is 85.7 Å². The molecule has 0 bridgehead atoms. The Hall–Kier alpha value is -3.72. The van der Waals surface area contributed by atoms with Crippen LogP contribution in [-0.4, -0.2) is 51.8 Å². The van der Waals surface area contributed by atoms with Gasteiger partial charge in [-0.1, -0.05) is 6.07 Å². The molecule has 1 aromatic carbocycles. The zero-order valence-corrected chi connectivity index (χ0v) is 21.0. The summed E-state index contributed by atoms with van der Waals surface area (Å²) in [4.78, 5) is 30.7. The average molecular weight is 493 g/mol. The van der Waals surface area contributed by atoms with Crippen LogP contribution in [0.4, 0.5) is 0 Å². The summed E-state index contributed by atoms with van der Waals surface area (Å²) in [6.07, 6.45) is 1.75. The number of nitrogens with one attached hydrogen (secondary N) is 1. The Labute approximate surface area is 209 Å². The number of esters is 2. The van der Waals surface area contributed by atoms with Crippen molar-refractivity contribution in [1.29, 1.82) is 0 Å². The maximum Gasteiger partial charge on any atom is 0.337 e. The minimum Gasteiger partial charge on any atom is -0.465 e. The largest absolute Gasteiger partial charge is 0.465 e. The third kappa shape index (κ3) is 4.77. The van der Waals surface area contributed by atoms with Crippen LogP contribution in [0, 0.1) is 13.8 Å². The van der Waals surface area contributed by atoms with Gasteiger partial charge in [-0.25, -0.2) is 4.79 Å². The second-order valence-corrected chi connectivity index (χ2v) is 8.65. The van der Waals surface area contributed by atoms with Crippen LogP contribution in [0.25, 0.3) is 5.69 Å². The molecular weight excluding hydrogens is 464 g/mol. The van der Waals surface area contributed by atoms with E-state index in [0.717, 1.165) is 28.3 Å². The molecule has 1 fully saturated rings. The van der Waals surface area contributed by atoms with E-state index < -0.39 is 0 Å². The van der Waals surface area contributed by atoms with Gasteiger partial charge in [-0.15, -0.1) is 0 Å². The first-order valence-corrected chi connectivity index (χ1v) is 11.8. The third-order valence-corrected chi connectivity index (χ3v) is 6.49. The molecule has 9 heteroatoms. The number of benzene rings is 1. The monoisotopic (exact) mass is 492 g/mol. The highest BCUT2D eigenvalue weighted by Gasteiger charge is 2.42. The standard InChI is InChI=1S/C26H28N4O4S/c1-5-34-22(31)15-29-24(23(28-26(29)35)21-8-6-7-13-27-21)20-14-16(2)30(17(20)3)19-11-9-18(10-12-19)25(32)33-4/h6-14,23-24H,5,15H2,1-4H3,(H,28,35)/t23-,24+/m0/s1. The van der Waals surface area contributed by atoms with Crippen LogP contribution >= 0.6 is 12.2 Å². The van der Waals surface area contributed by atoms with Gasteiger partial charge in [-0.2, -0.15) is 0 Å². The number of methoxy groups -OCH3 is 1. The molecule has 0 amide bonds. The van der Waals surface area contributed by atoms with Gasteiger partial charge in [0, 0.05) is 23.3 Å². The molecule has 1 saturated heterocycles. The number of aromatic nitrogens is 2. The highest BCUT2D eigenvalue weighted by molar-refractivity contribution is 7.80. The van der Waals surface area contributed by atoms with Crippen LogP contribution in [0.2, 0.25) is 0 Å². The molecule has 35 heavy (non-hydrogen) atoms. The molecule has 0 aliphatic carbocycles. The Morgan fingerprint density at radius 3 is 2.51 bits per heavy atom. The van der Waals surface area contributed by atoms with E-state index in [1.807, 2.05) is 49.1 Å².